The summed E-state index contributed by atoms with van der Waals surface area (Å²) in [6, 6.07) is 0. The highest BCUT2D eigenvalue weighted by atomic mass is 32.1. The molecule has 0 spiro atoms. The van der Waals surface area contributed by atoms with Crippen LogP contribution in [0.15, 0.2) is 5.38 Å². The Kier molecular flexibility index (Phi) is 6.72. The number of thiazole rings is 1. The van der Waals surface area contributed by atoms with Crippen molar-refractivity contribution in [1.29, 1.82) is 0 Å². The van der Waals surface area contributed by atoms with Gasteiger partial charge in [-0.1, -0.05) is 13.8 Å². The van der Waals surface area contributed by atoms with E-state index >= 15 is 0 Å². The van der Waals surface area contributed by atoms with Gasteiger partial charge < -0.3 is 10.1 Å². The number of carbonyl (C=O) groups excluding carboxylic acids is 1. The quantitative estimate of drug-likeness (QED) is 0.582. The average Bonchev–Trinajstić information content (AvgIpc) is 2.79. The van der Waals surface area contributed by atoms with Crippen LogP contribution in [0.1, 0.15) is 38.8 Å². The Morgan fingerprint density at radius 2 is 2.33 bits per heavy atom. The number of ether oxygens (including phenoxy) is 1. The van der Waals surface area contributed by atoms with E-state index in [0.29, 0.717) is 12.8 Å². The van der Waals surface area contributed by atoms with E-state index in [2.05, 4.69) is 28.9 Å². The molecule has 0 saturated carbocycles. The van der Waals surface area contributed by atoms with E-state index in [1.807, 2.05) is 5.38 Å². The number of anilines is 1. The molecule has 0 amide bonds. The Hall–Kier alpha value is -1.10. The lowest BCUT2D eigenvalue weighted by atomic mass is 10.1. The molecule has 0 bridgehead atoms. The molecular weight excluding hydrogens is 248 g/mol. The number of carbonyl (C=O) groups is 1. The maximum atomic E-state index is 11.0. The third-order valence-electron chi connectivity index (χ3n) is 2.60. The minimum absolute atomic E-state index is 0.186. The van der Waals surface area contributed by atoms with Crippen molar-refractivity contribution in [1.82, 2.24) is 4.98 Å². The highest BCUT2D eigenvalue weighted by Crippen LogP contribution is 2.17. The van der Waals surface area contributed by atoms with Crippen molar-refractivity contribution in [3.63, 3.8) is 0 Å². The Balaban J connectivity index is 2.23. The van der Waals surface area contributed by atoms with Crippen LogP contribution in [0.2, 0.25) is 0 Å². The standard InChI is InChI=1S/C13H22N2O2S/c1-10(2)5-4-8-14-13-15-11(9-18-13)6-7-12(16)17-3/h9-10H,4-8H2,1-3H3,(H,14,15). The fourth-order valence-corrected chi connectivity index (χ4v) is 2.31. The van der Waals surface area contributed by atoms with Crippen LogP contribution in [0.4, 0.5) is 5.13 Å². The Labute approximate surface area is 113 Å². The average molecular weight is 270 g/mol. The summed E-state index contributed by atoms with van der Waals surface area (Å²) in [7, 11) is 1.41. The first-order chi connectivity index (χ1) is 8.61. The highest BCUT2D eigenvalue weighted by molar-refractivity contribution is 7.13. The highest BCUT2D eigenvalue weighted by Gasteiger charge is 2.05. The third-order valence-corrected chi connectivity index (χ3v) is 3.45. The smallest absolute Gasteiger partial charge is 0.305 e. The summed E-state index contributed by atoms with van der Waals surface area (Å²) in [6.07, 6.45) is 3.44. The molecule has 0 saturated heterocycles. The van der Waals surface area contributed by atoms with Crippen LogP contribution in [0.3, 0.4) is 0 Å². The summed E-state index contributed by atoms with van der Waals surface area (Å²) in [6.45, 7) is 5.42. The van der Waals surface area contributed by atoms with Crippen molar-refractivity contribution in [2.24, 2.45) is 5.92 Å². The van der Waals surface area contributed by atoms with Gasteiger partial charge in [-0.15, -0.1) is 11.3 Å². The van der Waals surface area contributed by atoms with Crippen molar-refractivity contribution in [3.05, 3.63) is 11.1 Å². The van der Waals surface area contributed by atoms with Gasteiger partial charge in [0.1, 0.15) is 0 Å². The van der Waals surface area contributed by atoms with Crippen molar-refractivity contribution >= 4 is 22.4 Å². The summed E-state index contributed by atoms with van der Waals surface area (Å²) in [5.74, 6) is 0.563. The van der Waals surface area contributed by atoms with Crippen LogP contribution in [0, 0.1) is 5.92 Å². The zero-order valence-electron chi connectivity index (χ0n) is 11.4. The van der Waals surface area contributed by atoms with Crippen molar-refractivity contribution in [2.75, 3.05) is 19.0 Å². The second kappa shape index (κ2) is 8.08. The first-order valence-electron chi connectivity index (χ1n) is 6.37. The Morgan fingerprint density at radius 3 is 3.00 bits per heavy atom. The number of nitrogens with zero attached hydrogens (tertiary/aromatic N) is 1. The Bertz CT molecular complexity index is 364. The van der Waals surface area contributed by atoms with Crippen LogP contribution in [0.5, 0.6) is 0 Å². The summed E-state index contributed by atoms with van der Waals surface area (Å²) in [5, 5.41) is 6.25. The number of hydrogen-bond donors (Lipinski definition) is 1. The molecule has 0 radical (unpaired) electrons. The van der Waals surface area contributed by atoms with E-state index in [9.17, 15) is 4.79 Å². The molecule has 0 aliphatic rings. The molecule has 0 atom stereocenters. The molecule has 18 heavy (non-hydrogen) atoms. The molecule has 4 nitrogen and oxygen atoms in total. The molecule has 5 heteroatoms. The molecule has 0 fully saturated rings. The molecule has 0 aliphatic heterocycles. The lowest BCUT2D eigenvalue weighted by molar-refractivity contribution is -0.140. The number of aromatic nitrogens is 1. The predicted octanol–water partition coefficient (Wildman–Crippen LogP) is 3.10. The van der Waals surface area contributed by atoms with Gasteiger partial charge in [0.25, 0.3) is 0 Å². The lowest BCUT2D eigenvalue weighted by Gasteiger charge is -2.04. The second-order valence-electron chi connectivity index (χ2n) is 4.68. The molecule has 1 aromatic heterocycles. The van der Waals surface area contributed by atoms with Crippen LogP contribution in [0.25, 0.3) is 0 Å². The third kappa shape index (κ3) is 6.00. The van der Waals surface area contributed by atoms with Gasteiger partial charge in [-0.3, -0.25) is 4.79 Å². The maximum absolute atomic E-state index is 11.0. The van der Waals surface area contributed by atoms with E-state index < -0.39 is 0 Å². The van der Waals surface area contributed by atoms with E-state index in [1.165, 1.54) is 13.5 Å². The fraction of sp³-hybridized carbons (Fsp3) is 0.692. The number of aryl methyl sites for hydroxylation is 1. The topological polar surface area (TPSA) is 51.2 Å². The van der Waals surface area contributed by atoms with E-state index in [1.54, 1.807) is 11.3 Å². The van der Waals surface area contributed by atoms with E-state index in [0.717, 1.165) is 29.7 Å². The molecule has 1 rings (SSSR count). The summed E-state index contributed by atoms with van der Waals surface area (Å²) in [4.78, 5) is 15.4. The van der Waals surface area contributed by atoms with Gasteiger partial charge in [-0.2, -0.15) is 0 Å². The molecule has 0 aromatic carbocycles. The minimum Gasteiger partial charge on any atom is -0.469 e. The fourth-order valence-electron chi connectivity index (χ4n) is 1.54. The summed E-state index contributed by atoms with van der Waals surface area (Å²) in [5.41, 5.74) is 0.955. The monoisotopic (exact) mass is 270 g/mol. The van der Waals surface area contributed by atoms with Gasteiger partial charge in [0, 0.05) is 18.3 Å². The van der Waals surface area contributed by atoms with E-state index in [-0.39, 0.29) is 5.97 Å². The van der Waals surface area contributed by atoms with Crippen LogP contribution in [-0.2, 0) is 16.0 Å². The van der Waals surface area contributed by atoms with Crippen LogP contribution < -0.4 is 5.32 Å². The zero-order chi connectivity index (χ0) is 13.4. The summed E-state index contributed by atoms with van der Waals surface area (Å²) >= 11 is 1.59. The van der Waals surface area contributed by atoms with Gasteiger partial charge in [0.2, 0.25) is 0 Å². The largest absolute Gasteiger partial charge is 0.469 e. The second-order valence-corrected chi connectivity index (χ2v) is 5.54. The molecular formula is C13H22N2O2S. The minimum atomic E-state index is -0.186. The van der Waals surface area contributed by atoms with Gasteiger partial charge in [0.15, 0.2) is 5.13 Å². The molecule has 102 valence electrons. The van der Waals surface area contributed by atoms with Gasteiger partial charge in [0.05, 0.1) is 19.2 Å². The SMILES string of the molecule is COC(=O)CCc1csc(NCCCC(C)C)n1. The number of methoxy groups -OCH3 is 1. The van der Waals surface area contributed by atoms with Crippen molar-refractivity contribution in [3.8, 4) is 0 Å². The molecule has 1 heterocycles. The van der Waals surface area contributed by atoms with Crippen molar-refractivity contribution < 1.29 is 9.53 Å². The number of esters is 1. The number of hydrogen-bond acceptors (Lipinski definition) is 5. The molecule has 0 aliphatic carbocycles. The maximum Gasteiger partial charge on any atom is 0.305 e. The normalized spacial score (nSPS) is 10.7. The van der Waals surface area contributed by atoms with E-state index in [4.69, 9.17) is 0 Å². The van der Waals surface area contributed by atoms with Gasteiger partial charge >= 0.3 is 5.97 Å². The van der Waals surface area contributed by atoms with Crippen molar-refractivity contribution in [2.45, 2.75) is 39.5 Å². The number of rotatable bonds is 8. The molecule has 0 unspecified atom stereocenters. The number of nitrogens with one attached hydrogen (secondary N) is 1. The van der Waals surface area contributed by atoms with Gasteiger partial charge in [-0.25, -0.2) is 4.98 Å². The Morgan fingerprint density at radius 1 is 1.56 bits per heavy atom. The predicted molar refractivity (Wildman–Crippen MR) is 75.0 cm³/mol. The zero-order valence-corrected chi connectivity index (χ0v) is 12.2. The first-order valence-corrected chi connectivity index (χ1v) is 7.25. The summed E-state index contributed by atoms with van der Waals surface area (Å²) < 4.78 is 4.60. The lowest BCUT2D eigenvalue weighted by Crippen LogP contribution is -2.04. The first kappa shape index (κ1) is 15.0. The van der Waals surface area contributed by atoms with Crippen LogP contribution in [-0.4, -0.2) is 24.6 Å². The molecule has 1 aromatic rings. The van der Waals surface area contributed by atoms with Crippen LogP contribution >= 0.6 is 11.3 Å². The molecule has 1 N–H and O–H groups in total. The van der Waals surface area contributed by atoms with Gasteiger partial charge in [-0.05, 0) is 18.8 Å².